The summed E-state index contributed by atoms with van der Waals surface area (Å²) in [4.78, 5) is 2.39. The van der Waals surface area contributed by atoms with Crippen molar-refractivity contribution in [1.82, 2.24) is 4.90 Å². The second-order valence-electron chi connectivity index (χ2n) is 5.50. The fourth-order valence-corrected chi connectivity index (χ4v) is 2.29. The molecule has 1 rings (SSSR count). The highest BCUT2D eigenvalue weighted by atomic mass is 16.5. The summed E-state index contributed by atoms with van der Waals surface area (Å²) in [5, 5.41) is 0. The molecule has 112 valence electrons. The normalized spacial score (nSPS) is 12.7. The lowest BCUT2D eigenvalue weighted by Crippen LogP contribution is -2.27. The Labute approximate surface area is 124 Å². The van der Waals surface area contributed by atoms with Gasteiger partial charge in [0.05, 0.1) is 12.6 Å². The lowest BCUT2D eigenvalue weighted by molar-refractivity contribution is 0.257. The average Bonchev–Trinajstić information content (AvgIpc) is 2.45. The summed E-state index contributed by atoms with van der Waals surface area (Å²) < 4.78 is 5.76. The molecule has 0 amide bonds. The first-order valence-electron chi connectivity index (χ1n) is 7.71. The van der Waals surface area contributed by atoms with Gasteiger partial charge in [0, 0.05) is 0 Å². The van der Waals surface area contributed by atoms with Crippen LogP contribution in [0.2, 0.25) is 0 Å². The van der Waals surface area contributed by atoms with Gasteiger partial charge in [-0.3, -0.25) is 4.90 Å². The maximum absolute atomic E-state index is 5.76. The minimum absolute atomic E-state index is 0.287. The maximum atomic E-state index is 5.76. The zero-order valence-corrected chi connectivity index (χ0v) is 13.4. The van der Waals surface area contributed by atoms with Crippen molar-refractivity contribution in [3.63, 3.8) is 0 Å². The topological polar surface area (TPSA) is 12.5 Å². The molecule has 0 aliphatic heterocycles. The molecular weight excluding hydrogens is 246 g/mol. The van der Waals surface area contributed by atoms with Crippen LogP contribution in [-0.2, 0) is 0 Å². The number of rotatable bonds is 9. The van der Waals surface area contributed by atoms with Crippen molar-refractivity contribution in [3.05, 3.63) is 42.5 Å². The van der Waals surface area contributed by atoms with Gasteiger partial charge in [-0.05, 0) is 43.1 Å². The van der Waals surface area contributed by atoms with Gasteiger partial charge < -0.3 is 4.74 Å². The van der Waals surface area contributed by atoms with Gasteiger partial charge in [-0.2, -0.15) is 0 Å². The average molecular weight is 275 g/mol. The van der Waals surface area contributed by atoms with E-state index in [2.05, 4.69) is 63.4 Å². The maximum Gasteiger partial charge on any atom is 0.119 e. The first kappa shape index (κ1) is 16.8. The fourth-order valence-electron chi connectivity index (χ4n) is 2.29. The smallest absolute Gasteiger partial charge is 0.119 e. The largest absolute Gasteiger partial charge is 0.494 e. The highest BCUT2D eigenvalue weighted by molar-refractivity contribution is 5.31. The third kappa shape index (κ3) is 5.01. The van der Waals surface area contributed by atoms with Gasteiger partial charge in [0.25, 0.3) is 0 Å². The minimum Gasteiger partial charge on any atom is -0.494 e. The molecule has 1 aromatic rings. The summed E-state index contributed by atoms with van der Waals surface area (Å²) in [7, 11) is 0. The quantitative estimate of drug-likeness (QED) is 0.607. The Morgan fingerprint density at radius 2 is 1.75 bits per heavy atom. The van der Waals surface area contributed by atoms with Crippen LogP contribution < -0.4 is 4.74 Å². The molecule has 0 radical (unpaired) electrons. The predicted molar refractivity (Wildman–Crippen MR) is 87.3 cm³/mol. The number of hydrogen-bond donors (Lipinski definition) is 0. The van der Waals surface area contributed by atoms with Crippen molar-refractivity contribution >= 4 is 0 Å². The summed E-state index contributed by atoms with van der Waals surface area (Å²) in [6.07, 6.45) is 3.11. The third-order valence-electron chi connectivity index (χ3n) is 3.61. The summed E-state index contributed by atoms with van der Waals surface area (Å²) in [6, 6.07) is 8.71. The molecule has 0 aliphatic rings. The Morgan fingerprint density at radius 3 is 2.20 bits per heavy atom. The zero-order valence-electron chi connectivity index (χ0n) is 13.4. The van der Waals surface area contributed by atoms with Crippen LogP contribution in [0.4, 0.5) is 0 Å². The Balaban J connectivity index is 2.66. The molecule has 0 aliphatic carbocycles. The minimum atomic E-state index is 0.287. The van der Waals surface area contributed by atoms with Crippen LogP contribution in [0.5, 0.6) is 5.75 Å². The van der Waals surface area contributed by atoms with Crippen molar-refractivity contribution < 1.29 is 4.74 Å². The first-order chi connectivity index (χ1) is 9.62. The van der Waals surface area contributed by atoms with Crippen LogP contribution >= 0.6 is 0 Å². The Morgan fingerprint density at radius 1 is 1.15 bits per heavy atom. The van der Waals surface area contributed by atoms with Gasteiger partial charge >= 0.3 is 0 Å². The molecule has 0 bridgehead atoms. The molecule has 0 heterocycles. The van der Waals surface area contributed by atoms with E-state index in [-0.39, 0.29) is 6.04 Å². The highest BCUT2D eigenvalue weighted by Gasteiger charge is 2.13. The Hall–Kier alpha value is -1.28. The second-order valence-corrected chi connectivity index (χ2v) is 5.50. The standard InChI is InChI=1S/C18H29NO/c1-6-18(19(7-2)8-3)16-9-11-17(12-10-16)20-14-13-15(4)5/h6,9-12,15,18H,1,7-8,13-14H2,2-5H3. The lowest BCUT2D eigenvalue weighted by atomic mass is 10.1. The molecule has 1 unspecified atom stereocenters. The van der Waals surface area contributed by atoms with E-state index in [1.165, 1.54) is 5.56 Å². The van der Waals surface area contributed by atoms with E-state index < -0.39 is 0 Å². The summed E-state index contributed by atoms with van der Waals surface area (Å²) in [6.45, 7) is 15.6. The molecule has 1 atom stereocenters. The van der Waals surface area contributed by atoms with Crippen molar-refractivity contribution in [1.29, 1.82) is 0 Å². The number of ether oxygens (including phenoxy) is 1. The molecule has 0 fully saturated rings. The second kappa shape index (κ2) is 8.80. The van der Waals surface area contributed by atoms with E-state index in [1.807, 2.05) is 6.08 Å². The monoisotopic (exact) mass is 275 g/mol. The summed E-state index contributed by atoms with van der Waals surface area (Å²) in [5.41, 5.74) is 1.28. The molecule has 0 aromatic heterocycles. The molecule has 2 nitrogen and oxygen atoms in total. The summed E-state index contributed by atoms with van der Waals surface area (Å²) in [5.74, 6) is 1.64. The molecule has 20 heavy (non-hydrogen) atoms. The van der Waals surface area contributed by atoms with Crippen molar-refractivity contribution in [2.45, 2.75) is 40.2 Å². The highest BCUT2D eigenvalue weighted by Crippen LogP contribution is 2.24. The first-order valence-corrected chi connectivity index (χ1v) is 7.71. The van der Waals surface area contributed by atoms with Gasteiger partial charge in [-0.25, -0.2) is 0 Å². The molecule has 2 heteroatoms. The molecule has 0 N–H and O–H groups in total. The van der Waals surface area contributed by atoms with E-state index in [1.54, 1.807) is 0 Å². The van der Waals surface area contributed by atoms with E-state index in [0.29, 0.717) is 5.92 Å². The number of hydrogen-bond acceptors (Lipinski definition) is 2. The fraction of sp³-hybridized carbons (Fsp3) is 0.556. The molecular formula is C18H29NO. The van der Waals surface area contributed by atoms with Crippen LogP contribution in [0.1, 0.15) is 45.7 Å². The van der Waals surface area contributed by atoms with Gasteiger partial charge in [0.15, 0.2) is 0 Å². The number of benzene rings is 1. The lowest BCUT2D eigenvalue weighted by Gasteiger charge is -2.27. The van der Waals surface area contributed by atoms with Crippen LogP contribution in [0.15, 0.2) is 36.9 Å². The van der Waals surface area contributed by atoms with E-state index in [9.17, 15) is 0 Å². The number of likely N-dealkylation sites (N-methyl/N-ethyl adjacent to an activating group) is 1. The van der Waals surface area contributed by atoms with Crippen LogP contribution in [0.25, 0.3) is 0 Å². The SMILES string of the molecule is C=CC(c1ccc(OCCC(C)C)cc1)N(CC)CC. The Kier molecular flexibility index (Phi) is 7.38. The van der Waals surface area contributed by atoms with Crippen molar-refractivity contribution in [3.8, 4) is 5.75 Å². The van der Waals surface area contributed by atoms with Gasteiger partial charge in [0.1, 0.15) is 5.75 Å². The zero-order chi connectivity index (χ0) is 15.0. The van der Waals surface area contributed by atoms with Crippen LogP contribution in [0.3, 0.4) is 0 Å². The van der Waals surface area contributed by atoms with E-state index in [4.69, 9.17) is 4.74 Å². The van der Waals surface area contributed by atoms with E-state index in [0.717, 1.165) is 31.9 Å². The van der Waals surface area contributed by atoms with Crippen molar-refractivity contribution in [2.24, 2.45) is 5.92 Å². The molecule has 0 spiro atoms. The van der Waals surface area contributed by atoms with E-state index >= 15 is 0 Å². The van der Waals surface area contributed by atoms with Gasteiger partial charge in [-0.1, -0.05) is 45.9 Å². The molecule has 0 saturated carbocycles. The molecule has 0 saturated heterocycles. The van der Waals surface area contributed by atoms with Crippen LogP contribution in [0, 0.1) is 5.92 Å². The third-order valence-corrected chi connectivity index (χ3v) is 3.61. The van der Waals surface area contributed by atoms with Gasteiger partial charge in [0.2, 0.25) is 0 Å². The Bertz CT molecular complexity index is 379. The predicted octanol–water partition coefficient (Wildman–Crippen LogP) is 4.68. The van der Waals surface area contributed by atoms with Gasteiger partial charge in [-0.15, -0.1) is 6.58 Å². The van der Waals surface area contributed by atoms with Crippen LogP contribution in [-0.4, -0.2) is 24.6 Å². The molecule has 1 aromatic carbocycles. The number of nitrogens with zero attached hydrogens (tertiary/aromatic N) is 1. The van der Waals surface area contributed by atoms with Crippen molar-refractivity contribution in [2.75, 3.05) is 19.7 Å². The summed E-state index contributed by atoms with van der Waals surface area (Å²) >= 11 is 0.